The topological polar surface area (TPSA) is 67.2 Å². The first-order valence-electron chi connectivity index (χ1n) is 11.1. The Morgan fingerprint density at radius 3 is 2.24 bits per heavy atom. The van der Waals surface area contributed by atoms with E-state index in [0.717, 1.165) is 11.1 Å². The first-order chi connectivity index (χ1) is 16.5. The van der Waals surface area contributed by atoms with Crippen LogP contribution in [0.5, 0.6) is 0 Å². The number of likely N-dealkylation sites (N-methyl/N-ethyl adjacent to an activating group) is 1. The van der Waals surface area contributed by atoms with Crippen LogP contribution in [0.25, 0.3) is 16.9 Å². The number of imidazole rings is 1. The van der Waals surface area contributed by atoms with Gasteiger partial charge in [0, 0.05) is 24.0 Å². The lowest BCUT2D eigenvalue weighted by Gasteiger charge is -2.20. The molecule has 1 aromatic heterocycles. The van der Waals surface area contributed by atoms with Gasteiger partial charge in [-0.2, -0.15) is 0 Å². The van der Waals surface area contributed by atoms with E-state index in [-0.39, 0.29) is 30.6 Å². The number of carbonyl (C=O) groups is 2. The Hall–Kier alpha value is -4.26. The Kier molecular flexibility index (Phi) is 7.13. The van der Waals surface area contributed by atoms with Gasteiger partial charge in [-0.15, -0.1) is 0 Å². The Morgan fingerprint density at radius 1 is 0.941 bits per heavy atom. The van der Waals surface area contributed by atoms with Crippen molar-refractivity contribution in [3.05, 3.63) is 103 Å². The van der Waals surface area contributed by atoms with E-state index in [2.05, 4.69) is 10.3 Å². The highest BCUT2D eigenvalue weighted by molar-refractivity contribution is 5.94. The van der Waals surface area contributed by atoms with Crippen LogP contribution >= 0.6 is 0 Å². The summed E-state index contributed by atoms with van der Waals surface area (Å²) in [5.74, 6) is -0.553. The number of carbonyl (C=O) groups excluding carboxylic acids is 2. The summed E-state index contributed by atoms with van der Waals surface area (Å²) in [5, 5.41) is 2.82. The number of amides is 2. The first kappa shape index (κ1) is 22.9. The molecule has 0 aliphatic carbocycles. The van der Waals surface area contributed by atoms with Gasteiger partial charge in [0.15, 0.2) is 0 Å². The maximum Gasteiger partial charge on any atom is 0.246 e. The second-order valence-corrected chi connectivity index (χ2v) is 7.78. The van der Waals surface area contributed by atoms with E-state index in [1.165, 1.54) is 17.0 Å². The molecule has 4 aromatic rings. The normalized spacial score (nSPS) is 10.6. The third-order valence-corrected chi connectivity index (χ3v) is 5.40. The number of benzene rings is 3. The molecule has 1 N–H and O–H groups in total. The van der Waals surface area contributed by atoms with Crippen LogP contribution in [-0.4, -0.2) is 39.4 Å². The molecule has 0 radical (unpaired) electrons. The molecule has 0 aliphatic rings. The number of anilines is 1. The number of nitrogens with one attached hydrogen (secondary N) is 1. The van der Waals surface area contributed by atoms with E-state index in [4.69, 9.17) is 0 Å². The predicted molar refractivity (Wildman–Crippen MR) is 130 cm³/mol. The van der Waals surface area contributed by atoms with Crippen LogP contribution in [0.4, 0.5) is 10.3 Å². The number of nitrogens with zero attached hydrogens (tertiary/aromatic N) is 3. The summed E-state index contributed by atoms with van der Waals surface area (Å²) in [5.41, 5.74) is 3.09. The Morgan fingerprint density at radius 2 is 1.59 bits per heavy atom. The monoisotopic (exact) mass is 456 g/mol. The van der Waals surface area contributed by atoms with E-state index < -0.39 is 0 Å². The van der Waals surface area contributed by atoms with E-state index in [1.54, 1.807) is 22.9 Å². The van der Waals surface area contributed by atoms with Crippen molar-refractivity contribution >= 4 is 17.8 Å². The van der Waals surface area contributed by atoms with Gasteiger partial charge in [-0.25, -0.2) is 9.37 Å². The van der Waals surface area contributed by atoms with Crippen LogP contribution in [0.15, 0.2) is 91.1 Å². The minimum atomic E-state index is -0.364. The number of rotatable bonds is 8. The molecule has 34 heavy (non-hydrogen) atoms. The van der Waals surface area contributed by atoms with Crippen molar-refractivity contribution < 1.29 is 14.0 Å². The predicted octanol–water partition coefficient (Wildman–Crippen LogP) is 4.71. The van der Waals surface area contributed by atoms with Gasteiger partial charge in [0.1, 0.15) is 5.82 Å². The van der Waals surface area contributed by atoms with Crippen LogP contribution < -0.4 is 5.32 Å². The molecule has 4 rings (SSSR count). The van der Waals surface area contributed by atoms with Gasteiger partial charge < -0.3 is 4.90 Å². The average Bonchev–Trinajstić information content (AvgIpc) is 3.27. The second kappa shape index (κ2) is 10.6. The molecule has 7 heteroatoms. The summed E-state index contributed by atoms with van der Waals surface area (Å²) in [6.07, 6.45) is 2.01. The van der Waals surface area contributed by atoms with Crippen LogP contribution in [0.3, 0.4) is 0 Å². The van der Waals surface area contributed by atoms with E-state index in [9.17, 15) is 14.0 Å². The highest BCUT2D eigenvalue weighted by atomic mass is 19.1. The quantitative estimate of drug-likeness (QED) is 0.418. The zero-order valence-electron chi connectivity index (χ0n) is 18.8. The fraction of sp³-hybridized carbons (Fsp3) is 0.148. The largest absolute Gasteiger partial charge is 0.333 e. The molecule has 0 saturated heterocycles. The molecule has 0 atom stereocenters. The van der Waals surface area contributed by atoms with Crippen molar-refractivity contribution in [3.8, 4) is 16.9 Å². The van der Waals surface area contributed by atoms with Crippen LogP contribution in [0.1, 0.15) is 12.5 Å². The maximum absolute atomic E-state index is 13.5. The molecular weight excluding hydrogens is 431 g/mol. The molecule has 1 heterocycles. The number of aromatic nitrogens is 2. The fourth-order valence-corrected chi connectivity index (χ4v) is 3.61. The van der Waals surface area contributed by atoms with Gasteiger partial charge >= 0.3 is 0 Å². The molecule has 2 amide bonds. The lowest BCUT2D eigenvalue weighted by molar-refractivity contribution is -0.133. The van der Waals surface area contributed by atoms with Crippen LogP contribution in [0, 0.1) is 5.82 Å². The molecule has 0 aliphatic heterocycles. The van der Waals surface area contributed by atoms with Crippen molar-refractivity contribution in [1.29, 1.82) is 0 Å². The highest BCUT2D eigenvalue weighted by Gasteiger charge is 2.19. The highest BCUT2D eigenvalue weighted by Crippen LogP contribution is 2.24. The molecule has 0 bridgehead atoms. The molecule has 0 fully saturated rings. The summed E-state index contributed by atoms with van der Waals surface area (Å²) in [6.45, 7) is 2.14. The first-order valence-corrected chi connectivity index (χ1v) is 11.1. The summed E-state index contributed by atoms with van der Waals surface area (Å²) < 4.78 is 15.2. The van der Waals surface area contributed by atoms with Gasteiger partial charge in [0.2, 0.25) is 17.8 Å². The molecule has 0 spiro atoms. The van der Waals surface area contributed by atoms with Crippen molar-refractivity contribution in [2.75, 3.05) is 18.4 Å². The third kappa shape index (κ3) is 5.56. The summed E-state index contributed by atoms with van der Waals surface area (Å²) in [6, 6.07) is 24.9. The Balaban J connectivity index is 1.54. The zero-order valence-corrected chi connectivity index (χ0v) is 18.8. The lowest BCUT2D eigenvalue weighted by Crippen LogP contribution is -2.39. The van der Waals surface area contributed by atoms with Gasteiger partial charge in [0.25, 0.3) is 0 Å². The van der Waals surface area contributed by atoms with Crippen LogP contribution in [-0.2, 0) is 16.0 Å². The smallest absolute Gasteiger partial charge is 0.246 e. The standard InChI is InChI=1S/C27H25FN4O2/c1-2-31(26(34)17-20-9-5-3-6-10-20)19-25(33)30-27-29-24(21-11-7-4-8-12-21)18-32(27)23-15-13-22(28)14-16-23/h3-16,18H,2,17,19H2,1H3,(H,29,30,33). The summed E-state index contributed by atoms with van der Waals surface area (Å²) in [7, 11) is 0. The van der Waals surface area contributed by atoms with Crippen molar-refractivity contribution in [1.82, 2.24) is 14.5 Å². The molecule has 172 valence electrons. The number of hydrogen-bond acceptors (Lipinski definition) is 3. The van der Waals surface area contributed by atoms with Crippen LogP contribution in [0.2, 0.25) is 0 Å². The molecule has 0 saturated carbocycles. The molecule has 6 nitrogen and oxygen atoms in total. The van der Waals surface area contributed by atoms with E-state index >= 15 is 0 Å². The zero-order chi connectivity index (χ0) is 23.9. The lowest BCUT2D eigenvalue weighted by atomic mass is 10.1. The Bertz CT molecular complexity index is 1260. The minimum Gasteiger partial charge on any atom is -0.333 e. The van der Waals surface area contributed by atoms with Crippen molar-refractivity contribution in [2.45, 2.75) is 13.3 Å². The SMILES string of the molecule is CCN(CC(=O)Nc1nc(-c2ccccc2)cn1-c1ccc(F)cc1)C(=O)Cc1ccccc1. The van der Waals surface area contributed by atoms with Gasteiger partial charge in [0.05, 0.1) is 18.7 Å². The van der Waals surface area contributed by atoms with Gasteiger partial charge in [-0.05, 0) is 36.8 Å². The Labute approximate surface area is 197 Å². The second-order valence-electron chi connectivity index (χ2n) is 7.78. The number of halogens is 1. The number of hydrogen-bond donors (Lipinski definition) is 1. The van der Waals surface area contributed by atoms with Gasteiger partial charge in [-0.3, -0.25) is 19.5 Å². The van der Waals surface area contributed by atoms with E-state index in [1.807, 2.05) is 67.6 Å². The van der Waals surface area contributed by atoms with Gasteiger partial charge in [-0.1, -0.05) is 60.7 Å². The minimum absolute atomic E-state index is 0.0981. The van der Waals surface area contributed by atoms with E-state index in [0.29, 0.717) is 23.9 Å². The fourth-order valence-electron chi connectivity index (χ4n) is 3.61. The summed E-state index contributed by atoms with van der Waals surface area (Å²) in [4.78, 5) is 31.7. The van der Waals surface area contributed by atoms with Crippen molar-refractivity contribution in [2.24, 2.45) is 0 Å². The average molecular weight is 457 g/mol. The summed E-state index contributed by atoms with van der Waals surface area (Å²) >= 11 is 0. The molecular formula is C27H25FN4O2. The third-order valence-electron chi connectivity index (χ3n) is 5.40. The maximum atomic E-state index is 13.5. The molecule has 0 unspecified atom stereocenters. The molecule has 3 aromatic carbocycles. The van der Waals surface area contributed by atoms with Crippen molar-refractivity contribution in [3.63, 3.8) is 0 Å².